The Labute approximate surface area is 215 Å². The van der Waals surface area contributed by atoms with E-state index in [0.717, 1.165) is 16.1 Å². The molecule has 10 nitrogen and oxygen atoms in total. The molecule has 1 amide bonds. The van der Waals surface area contributed by atoms with Crippen molar-refractivity contribution in [3.63, 3.8) is 0 Å². The van der Waals surface area contributed by atoms with Gasteiger partial charge in [-0.25, -0.2) is 13.2 Å². The number of carbonyl (C=O) groups is 2. The highest BCUT2D eigenvalue weighted by atomic mass is 32.2. The lowest BCUT2D eigenvalue weighted by Gasteiger charge is -2.25. The topological polar surface area (TPSA) is 148 Å². The standard InChI is InChI=1S/C24H30N4O6S2/c1-3-25-24(35)26-17-9-7-16(8-10-17)13-19(23(31)32)27-22(30)20-5-4-12-28(20)36(33,34)18-11-6-15(2)21(29)14-18/h6-11,14,19-20,29H,3-5,12-13H2,1-2H3,(H,27,30)(H,31,32)(H2,25,26,35)/t19-,20-/m0/s1. The van der Waals surface area contributed by atoms with Crippen LogP contribution in [0.4, 0.5) is 5.69 Å². The Morgan fingerprint density at radius 2 is 1.89 bits per heavy atom. The maximum absolute atomic E-state index is 13.2. The van der Waals surface area contributed by atoms with Gasteiger partial charge in [0, 0.05) is 31.3 Å². The number of anilines is 1. The van der Waals surface area contributed by atoms with Gasteiger partial charge in [0.2, 0.25) is 15.9 Å². The Morgan fingerprint density at radius 1 is 1.19 bits per heavy atom. The molecule has 3 rings (SSSR count). The lowest BCUT2D eigenvalue weighted by Crippen LogP contribution is -2.51. The number of phenolic OH excluding ortho intramolecular Hbond substituents is 1. The number of hydrogen-bond acceptors (Lipinski definition) is 6. The van der Waals surface area contributed by atoms with Gasteiger partial charge in [-0.05, 0) is 68.2 Å². The molecule has 36 heavy (non-hydrogen) atoms. The third kappa shape index (κ3) is 6.50. The molecule has 1 aliphatic rings. The van der Waals surface area contributed by atoms with Crippen molar-refractivity contribution in [2.24, 2.45) is 0 Å². The minimum absolute atomic E-state index is 0.0182. The monoisotopic (exact) mass is 534 g/mol. The first-order chi connectivity index (χ1) is 17.0. The number of hydrogen-bond donors (Lipinski definition) is 5. The van der Waals surface area contributed by atoms with Gasteiger partial charge >= 0.3 is 5.97 Å². The van der Waals surface area contributed by atoms with Crippen molar-refractivity contribution in [3.05, 3.63) is 53.6 Å². The molecule has 1 aliphatic heterocycles. The second kappa shape index (κ2) is 11.7. The molecule has 0 unspecified atom stereocenters. The third-order valence-electron chi connectivity index (χ3n) is 5.90. The van der Waals surface area contributed by atoms with Gasteiger partial charge in [0.1, 0.15) is 17.8 Å². The maximum Gasteiger partial charge on any atom is 0.326 e. The van der Waals surface area contributed by atoms with Crippen LogP contribution in [0.2, 0.25) is 0 Å². The van der Waals surface area contributed by atoms with Crippen LogP contribution in [-0.2, 0) is 26.0 Å². The zero-order valence-corrected chi connectivity index (χ0v) is 21.7. The molecular weight excluding hydrogens is 504 g/mol. The van der Waals surface area contributed by atoms with Crippen molar-refractivity contribution in [2.75, 3.05) is 18.4 Å². The predicted molar refractivity (Wildman–Crippen MR) is 139 cm³/mol. The molecule has 194 valence electrons. The van der Waals surface area contributed by atoms with E-state index in [1.165, 1.54) is 12.1 Å². The van der Waals surface area contributed by atoms with E-state index >= 15 is 0 Å². The summed E-state index contributed by atoms with van der Waals surface area (Å²) in [6, 6.07) is 8.70. The van der Waals surface area contributed by atoms with Gasteiger partial charge in [-0.3, -0.25) is 4.79 Å². The molecule has 12 heteroatoms. The Balaban J connectivity index is 1.70. The molecule has 0 spiro atoms. The highest BCUT2D eigenvalue weighted by molar-refractivity contribution is 7.89. The van der Waals surface area contributed by atoms with E-state index in [4.69, 9.17) is 12.2 Å². The van der Waals surface area contributed by atoms with Crippen molar-refractivity contribution in [2.45, 2.75) is 50.1 Å². The maximum atomic E-state index is 13.2. The summed E-state index contributed by atoms with van der Waals surface area (Å²) in [5.41, 5.74) is 1.93. The van der Waals surface area contributed by atoms with Gasteiger partial charge in [0.25, 0.3) is 0 Å². The van der Waals surface area contributed by atoms with Gasteiger partial charge in [-0.2, -0.15) is 4.31 Å². The van der Waals surface area contributed by atoms with Crippen LogP contribution in [0.3, 0.4) is 0 Å². The summed E-state index contributed by atoms with van der Waals surface area (Å²) < 4.78 is 27.4. The van der Waals surface area contributed by atoms with Crippen molar-refractivity contribution in [1.29, 1.82) is 0 Å². The number of thiocarbonyl (C=S) groups is 1. The van der Waals surface area contributed by atoms with Crippen LogP contribution in [0.15, 0.2) is 47.4 Å². The van der Waals surface area contributed by atoms with E-state index in [1.54, 1.807) is 31.2 Å². The number of aryl methyl sites for hydroxylation is 1. The molecule has 1 heterocycles. The number of amides is 1. The van der Waals surface area contributed by atoms with Crippen LogP contribution in [0.5, 0.6) is 5.75 Å². The summed E-state index contributed by atoms with van der Waals surface area (Å²) >= 11 is 5.14. The zero-order valence-electron chi connectivity index (χ0n) is 20.0. The van der Waals surface area contributed by atoms with Crippen molar-refractivity contribution in [1.82, 2.24) is 14.9 Å². The highest BCUT2D eigenvalue weighted by Crippen LogP contribution is 2.29. The van der Waals surface area contributed by atoms with Crippen molar-refractivity contribution >= 4 is 44.9 Å². The fraction of sp³-hybridized carbons (Fsp3) is 0.375. The molecule has 5 N–H and O–H groups in total. The second-order valence-electron chi connectivity index (χ2n) is 8.51. The number of nitrogens with one attached hydrogen (secondary N) is 3. The summed E-state index contributed by atoms with van der Waals surface area (Å²) in [5.74, 6) is -2.06. The van der Waals surface area contributed by atoms with Crippen LogP contribution in [0.1, 0.15) is 30.9 Å². The summed E-state index contributed by atoms with van der Waals surface area (Å²) in [6.07, 6.45) is 0.738. The number of carboxylic acid groups (broad SMARTS) is 1. The SMILES string of the molecule is CCNC(=S)Nc1ccc(C[C@H](NC(=O)[C@@H]2CCCN2S(=O)(=O)c2ccc(C)c(O)c2)C(=O)O)cc1. The van der Waals surface area contributed by atoms with Crippen LogP contribution >= 0.6 is 12.2 Å². The number of aromatic hydroxyl groups is 1. The summed E-state index contributed by atoms with van der Waals surface area (Å²) in [7, 11) is -4.06. The minimum atomic E-state index is -4.06. The van der Waals surface area contributed by atoms with Crippen LogP contribution < -0.4 is 16.0 Å². The third-order valence-corrected chi connectivity index (χ3v) is 8.05. The van der Waals surface area contributed by atoms with Gasteiger partial charge in [0.05, 0.1) is 4.90 Å². The van der Waals surface area contributed by atoms with Gasteiger partial charge in [-0.15, -0.1) is 0 Å². The van der Waals surface area contributed by atoms with Crippen LogP contribution in [0, 0.1) is 6.92 Å². The summed E-state index contributed by atoms with van der Waals surface area (Å²) in [5, 5.41) is 28.6. The molecule has 2 aromatic carbocycles. The Hall–Kier alpha value is -3.22. The first-order valence-corrected chi connectivity index (χ1v) is 13.4. The Kier molecular flexibility index (Phi) is 8.88. The summed E-state index contributed by atoms with van der Waals surface area (Å²) in [4.78, 5) is 24.8. The first kappa shape index (κ1) is 27.4. The van der Waals surface area contributed by atoms with Crippen LogP contribution in [-0.4, -0.2) is 65.1 Å². The predicted octanol–water partition coefficient (Wildman–Crippen LogP) is 1.97. The van der Waals surface area contributed by atoms with E-state index in [1.807, 2.05) is 6.92 Å². The second-order valence-corrected chi connectivity index (χ2v) is 10.8. The molecular formula is C24H30N4O6S2. The molecule has 0 saturated carbocycles. The number of sulfonamides is 1. The highest BCUT2D eigenvalue weighted by Gasteiger charge is 2.40. The largest absolute Gasteiger partial charge is 0.508 e. The molecule has 0 bridgehead atoms. The lowest BCUT2D eigenvalue weighted by atomic mass is 10.0. The number of benzene rings is 2. The van der Waals surface area contributed by atoms with Gasteiger partial charge in [-0.1, -0.05) is 18.2 Å². The van der Waals surface area contributed by atoms with E-state index in [2.05, 4.69) is 16.0 Å². The summed E-state index contributed by atoms with van der Waals surface area (Å²) in [6.45, 7) is 4.37. The normalized spacial score (nSPS) is 16.8. The van der Waals surface area contributed by atoms with E-state index < -0.39 is 34.0 Å². The fourth-order valence-electron chi connectivity index (χ4n) is 3.94. The van der Waals surface area contributed by atoms with E-state index in [9.17, 15) is 28.2 Å². The average molecular weight is 535 g/mol. The Bertz CT molecular complexity index is 1230. The number of nitrogens with zero attached hydrogens (tertiary/aromatic N) is 1. The Morgan fingerprint density at radius 3 is 2.50 bits per heavy atom. The molecule has 0 aliphatic carbocycles. The number of carbonyl (C=O) groups excluding carboxylic acids is 1. The average Bonchev–Trinajstić information content (AvgIpc) is 3.33. The molecule has 1 saturated heterocycles. The molecule has 2 aromatic rings. The molecule has 0 aromatic heterocycles. The van der Waals surface area contributed by atoms with E-state index in [0.29, 0.717) is 29.2 Å². The smallest absolute Gasteiger partial charge is 0.326 e. The van der Waals surface area contributed by atoms with Crippen LogP contribution in [0.25, 0.3) is 0 Å². The fourth-order valence-corrected chi connectivity index (χ4v) is 5.88. The number of aliphatic carboxylic acids is 1. The molecule has 1 fully saturated rings. The lowest BCUT2D eigenvalue weighted by molar-refractivity contribution is -0.142. The van der Waals surface area contributed by atoms with Gasteiger partial charge in [0.15, 0.2) is 5.11 Å². The quantitative estimate of drug-likeness (QED) is 0.305. The molecule has 2 atom stereocenters. The number of carboxylic acids is 1. The van der Waals surface area contributed by atoms with E-state index in [-0.39, 0.29) is 30.0 Å². The van der Waals surface area contributed by atoms with Gasteiger partial charge < -0.3 is 26.2 Å². The number of phenols is 1. The number of rotatable bonds is 9. The van der Waals surface area contributed by atoms with Crippen molar-refractivity contribution < 1.29 is 28.2 Å². The van der Waals surface area contributed by atoms with Crippen molar-refractivity contribution in [3.8, 4) is 5.75 Å². The molecule has 0 radical (unpaired) electrons. The first-order valence-electron chi connectivity index (χ1n) is 11.5. The minimum Gasteiger partial charge on any atom is -0.508 e. The zero-order chi connectivity index (χ0) is 26.5.